The molecule has 0 bridgehead atoms. The molecule has 132 valence electrons. The highest BCUT2D eigenvalue weighted by atomic mass is 32.2. The van der Waals surface area contributed by atoms with Gasteiger partial charge in [-0.3, -0.25) is 4.31 Å². The normalized spacial score (nSPS) is 20.0. The van der Waals surface area contributed by atoms with E-state index >= 15 is 0 Å². The molecule has 1 N–H and O–H groups in total. The first-order valence-corrected chi connectivity index (χ1v) is 9.44. The average Bonchev–Trinajstić information content (AvgIpc) is 2.95. The number of morpholine rings is 1. The van der Waals surface area contributed by atoms with Crippen molar-refractivity contribution in [3.8, 4) is 5.75 Å². The number of rotatable bonds is 3. The standard InChI is InChI=1S/C15H21N3O5S/c1-22-14-4-3-12(18-5-2-10-24(18,20)21)11-13(14)16-15(19)17-6-8-23-9-7-17/h3-4,11H,2,5-10H2,1H3,(H,16,19). The van der Waals surface area contributed by atoms with Gasteiger partial charge >= 0.3 is 6.03 Å². The average molecular weight is 355 g/mol. The molecule has 1 aromatic rings. The molecule has 2 heterocycles. The van der Waals surface area contributed by atoms with Crippen LogP contribution in [0.3, 0.4) is 0 Å². The summed E-state index contributed by atoms with van der Waals surface area (Å²) in [7, 11) is -1.77. The highest BCUT2D eigenvalue weighted by Crippen LogP contribution is 2.32. The molecule has 8 nitrogen and oxygen atoms in total. The van der Waals surface area contributed by atoms with Crippen molar-refractivity contribution in [3.63, 3.8) is 0 Å². The molecule has 9 heteroatoms. The molecule has 0 unspecified atom stereocenters. The van der Waals surface area contributed by atoms with E-state index in [9.17, 15) is 13.2 Å². The molecule has 1 aromatic carbocycles. The lowest BCUT2D eigenvalue weighted by Gasteiger charge is -2.27. The maximum atomic E-state index is 12.4. The molecule has 0 aromatic heterocycles. The molecule has 2 aliphatic rings. The summed E-state index contributed by atoms with van der Waals surface area (Å²) in [4.78, 5) is 14.0. The van der Waals surface area contributed by atoms with Gasteiger partial charge in [0, 0.05) is 19.6 Å². The molecule has 0 aliphatic carbocycles. The Morgan fingerprint density at radius 3 is 2.62 bits per heavy atom. The Hall–Kier alpha value is -2.00. The van der Waals surface area contributed by atoms with Crippen molar-refractivity contribution in [2.24, 2.45) is 0 Å². The van der Waals surface area contributed by atoms with E-state index in [0.29, 0.717) is 56.4 Å². The Kier molecular flexibility index (Phi) is 4.81. The zero-order valence-corrected chi connectivity index (χ0v) is 14.3. The molecule has 2 aliphatic heterocycles. The first kappa shape index (κ1) is 16.8. The Balaban J connectivity index is 1.83. The van der Waals surface area contributed by atoms with Crippen LogP contribution in [0.15, 0.2) is 18.2 Å². The third-order valence-corrected chi connectivity index (χ3v) is 5.98. The fraction of sp³-hybridized carbons (Fsp3) is 0.533. The smallest absolute Gasteiger partial charge is 0.322 e. The van der Waals surface area contributed by atoms with Crippen molar-refractivity contribution in [2.75, 3.05) is 55.3 Å². The second-order valence-corrected chi connectivity index (χ2v) is 7.67. The minimum absolute atomic E-state index is 0.147. The lowest BCUT2D eigenvalue weighted by atomic mass is 10.2. The van der Waals surface area contributed by atoms with Crippen LogP contribution in [0, 0.1) is 0 Å². The van der Waals surface area contributed by atoms with Crippen LogP contribution in [0.1, 0.15) is 6.42 Å². The SMILES string of the molecule is COc1ccc(N2CCCS2(=O)=O)cc1NC(=O)N1CCOCC1. The van der Waals surface area contributed by atoms with Crippen LogP contribution >= 0.6 is 0 Å². The molecule has 0 radical (unpaired) electrons. The lowest BCUT2D eigenvalue weighted by molar-refractivity contribution is 0.0564. The number of benzene rings is 1. The molecule has 2 fully saturated rings. The van der Waals surface area contributed by atoms with E-state index < -0.39 is 10.0 Å². The van der Waals surface area contributed by atoms with E-state index in [-0.39, 0.29) is 11.8 Å². The number of anilines is 2. The van der Waals surface area contributed by atoms with Crippen LogP contribution in [0.2, 0.25) is 0 Å². The van der Waals surface area contributed by atoms with E-state index in [2.05, 4.69) is 5.32 Å². The summed E-state index contributed by atoms with van der Waals surface area (Å²) in [5.41, 5.74) is 0.985. The third kappa shape index (κ3) is 3.41. The van der Waals surface area contributed by atoms with Gasteiger partial charge in [0.2, 0.25) is 10.0 Å². The number of ether oxygens (including phenoxy) is 2. The van der Waals surface area contributed by atoms with E-state index in [1.54, 1.807) is 23.1 Å². The molecule has 24 heavy (non-hydrogen) atoms. The van der Waals surface area contributed by atoms with Crippen molar-refractivity contribution in [1.29, 1.82) is 0 Å². The summed E-state index contributed by atoms with van der Waals surface area (Å²) < 4.78 is 36.0. The van der Waals surface area contributed by atoms with Crippen LogP contribution in [0.5, 0.6) is 5.75 Å². The number of nitrogens with one attached hydrogen (secondary N) is 1. The van der Waals surface area contributed by atoms with Crippen molar-refractivity contribution in [2.45, 2.75) is 6.42 Å². The molecule has 2 saturated heterocycles. The Morgan fingerprint density at radius 2 is 2.00 bits per heavy atom. The number of sulfonamides is 1. The second-order valence-electron chi connectivity index (χ2n) is 5.66. The van der Waals surface area contributed by atoms with Gasteiger partial charge in [-0.05, 0) is 24.6 Å². The minimum atomic E-state index is -3.27. The van der Waals surface area contributed by atoms with Gasteiger partial charge in [-0.1, -0.05) is 0 Å². The molecule has 0 spiro atoms. The van der Waals surface area contributed by atoms with Gasteiger partial charge in [0.25, 0.3) is 0 Å². The Morgan fingerprint density at radius 1 is 1.25 bits per heavy atom. The van der Waals surface area contributed by atoms with Crippen molar-refractivity contribution >= 4 is 27.4 Å². The highest BCUT2D eigenvalue weighted by Gasteiger charge is 2.29. The number of carbonyl (C=O) groups excluding carboxylic acids is 1. The predicted octanol–water partition coefficient (Wildman–Crippen LogP) is 1.10. The zero-order chi connectivity index (χ0) is 17.2. The van der Waals surface area contributed by atoms with Gasteiger partial charge in [-0.2, -0.15) is 0 Å². The van der Waals surface area contributed by atoms with Gasteiger partial charge in [0.05, 0.1) is 37.5 Å². The minimum Gasteiger partial charge on any atom is -0.495 e. The quantitative estimate of drug-likeness (QED) is 0.877. The fourth-order valence-electron chi connectivity index (χ4n) is 2.84. The van der Waals surface area contributed by atoms with Crippen LogP contribution < -0.4 is 14.4 Å². The summed E-state index contributed by atoms with van der Waals surface area (Å²) in [5.74, 6) is 0.631. The van der Waals surface area contributed by atoms with Crippen molar-refractivity contribution < 1.29 is 22.7 Å². The molecular weight excluding hydrogens is 334 g/mol. The van der Waals surface area contributed by atoms with Gasteiger partial charge in [-0.25, -0.2) is 13.2 Å². The maximum Gasteiger partial charge on any atom is 0.322 e. The first-order chi connectivity index (χ1) is 11.5. The van der Waals surface area contributed by atoms with Crippen LogP contribution in [-0.2, 0) is 14.8 Å². The van der Waals surface area contributed by atoms with Gasteiger partial charge < -0.3 is 19.7 Å². The monoisotopic (exact) mass is 355 g/mol. The first-order valence-electron chi connectivity index (χ1n) is 7.83. The van der Waals surface area contributed by atoms with E-state index in [4.69, 9.17) is 9.47 Å². The number of nitrogens with zero attached hydrogens (tertiary/aromatic N) is 2. The maximum absolute atomic E-state index is 12.4. The number of hydrogen-bond donors (Lipinski definition) is 1. The van der Waals surface area contributed by atoms with Crippen LogP contribution in [-0.4, -0.2) is 65.1 Å². The highest BCUT2D eigenvalue weighted by molar-refractivity contribution is 7.93. The number of methoxy groups -OCH3 is 1. The zero-order valence-electron chi connectivity index (χ0n) is 13.5. The van der Waals surface area contributed by atoms with E-state index in [1.165, 1.54) is 11.4 Å². The number of carbonyl (C=O) groups is 1. The summed E-state index contributed by atoms with van der Waals surface area (Å²) in [6.45, 7) is 2.52. The van der Waals surface area contributed by atoms with E-state index in [1.807, 2.05) is 0 Å². The molecule has 0 saturated carbocycles. The van der Waals surface area contributed by atoms with Crippen LogP contribution in [0.25, 0.3) is 0 Å². The van der Waals surface area contributed by atoms with Gasteiger partial charge in [-0.15, -0.1) is 0 Å². The lowest BCUT2D eigenvalue weighted by Crippen LogP contribution is -2.43. The summed E-state index contributed by atoms with van der Waals surface area (Å²) in [5, 5.41) is 2.81. The summed E-state index contributed by atoms with van der Waals surface area (Å²) >= 11 is 0. The Labute approximate surface area is 141 Å². The van der Waals surface area contributed by atoms with Gasteiger partial charge in [0.15, 0.2) is 0 Å². The molecular formula is C15H21N3O5S. The number of hydrogen-bond acceptors (Lipinski definition) is 5. The fourth-order valence-corrected chi connectivity index (χ4v) is 4.40. The summed E-state index contributed by atoms with van der Waals surface area (Å²) in [6, 6.07) is 4.74. The largest absolute Gasteiger partial charge is 0.495 e. The molecule has 3 rings (SSSR count). The topological polar surface area (TPSA) is 88.2 Å². The van der Waals surface area contributed by atoms with Crippen LogP contribution in [0.4, 0.5) is 16.2 Å². The van der Waals surface area contributed by atoms with Gasteiger partial charge in [0.1, 0.15) is 5.75 Å². The number of urea groups is 1. The second kappa shape index (κ2) is 6.86. The predicted molar refractivity (Wildman–Crippen MR) is 90.2 cm³/mol. The third-order valence-electron chi connectivity index (χ3n) is 4.11. The Bertz CT molecular complexity index is 716. The van der Waals surface area contributed by atoms with E-state index in [0.717, 1.165) is 0 Å². The summed E-state index contributed by atoms with van der Waals surface area (Å²) in [6.07, 6.45) is 0.601. The molecule has 0 atom stereocenters. The number of amides is 2. The van der Waals surface area contributed by atoms with Crippen molar-refractivity contribution in [1.82, 2.24) is 4.90 Å². The van der Waals surface area contributed by atoms with Crippen molar-refractivity contribution in [3.05, 3.63) is 18.2 Å². The molecule has 2 amide bonds.